The number of nitrogens with zero attached hydrogens (tertiary/aromatic N) is 1. The molecule has 0 spiro atoms. The summed E-state index contributed by atoms with van der Waals surface area (Å²) in [6.45, 7) is 0.359. The second-order valence-corrected chi connectivity index (χ2v) is 4.86. The van der Waals surface area contributed by atoms with E-state index in [9.17, 15) is 9.90 Å². The van der Waals surface area contributed by atoms with E-state index >= 15 is 0 Å². The summed E-state index contributed by atoms with van der Waals surface area (Å²) in [6, 6.07) is 18.1. The lowest BCUT2D eigenvalue weighted by molar-refractivity contribution is -0.132. The van der Waals surface area contributed by atoms with Crippen LogP contribution in [0.1, 0.15) is 5.56 Å². The van der Waals surface area contributed by atoms with Crippen molar-refractivity contribution in [1.82, 2.24) is 5.32 Å². The Bertz CT molecular complexity index is 762. The Morgan fingerprint density at radius 1 is 1.17 bits per heavy atom. The van der Waals surface area contributed by atoms with Crippen molar-refractivity contribution in [3.8, 4) is 11.8 Å². The van der Waals surface area contributed by atoms with E-state index in [1.807, 2.05) is 42.5 Å². The van der Waals surface area contributed by atoms with Crippen LogP contribution >= 0.6 is 0 Å². The second-order valence-electron chi connectivity index (χ2n) is 4.86. The van der Waals surface area contributed by atoms with E-state index in [-0.39, 0.29) is 11.4 Å². The Kier molecular flexibility index (Phi) is 5.81. The van der Waals surface area contributed by atoms with Gasteiger partial charge in [-0.1, -0.05) is 30.3 Å². The first kappa shape index (κ1) is 16.9. The molecule has 2 rings (SSSR count). The third-order valence-corrected chi connectivity index (χ3v) is 3.25. The van der Waals surface area contributed by atoms with E-state index in [2.05, 4.69) is 10.6 Å². The van der Waals surface area contributed by atoms with Gasteiger partial charge in [-0.05, 0) is 29.8 Å². The van der Waals surface area contributed by atoms with Crippen LogP contribution in [0, 0.1) is 11.3 Å². The molecule has 6 heteroatoms. The Morgan fingerprint density at radius 3 is 2.38 bits per heavy atom. The van der Waals surface area contributed by atoms with Crippen LogP contribution < -0.4 is 15.4 Å². The first-order valence-corrected chi connectivity index (χ1v) is 7.20. The number of carboxylic acid groups (broad SMARTS) is 1. The van der Waals surface area contributed by atoms with Gasteiger partial charge in [0.1, 0.15) is 17.6 Å². The van der Waals surface area contributed by atoms with Crippen molar-refractivity contribution in [1.29, 1.82) is 5.26 Å². The zero-order chi connectivity index (χ0) is 17.4. The van der Waals surface area contributed by atoms with Gasteiger partial charge >= 0.3 is 5.97 Å². The highest BCUT2D eigenvalue weighted by Gasteiger charge is 2.14. The van der Waals surface area contributed by atoms with Gasteiger partial charge in [-0.15, -0.1) is 0 Å². The number of nitriles is 1. The third-order valence-electron chi connectivity index (χ3n) is 3.25. The zero-order valence-corrected chi connectivity index (χ0v) is 13.1. The van der Waals surface area contributed by atoms with Gasteiger partial charge in [0.2, 0.25) is 0 Å². The molecular weight excluding hydrogens is 306 g/mol. The molecule has 0 saturated carbocycles. The number of hydrogen-bond acceptors (Lipinski definition) is 5. The first-order chi connectivity index (χ1) is 11.6. The number of aliphatic carboxylic acids is 1. The van der Waals surface area contributed by atoms with Crippen LogP contribution in [-0.2, 0) is 11.3 Å². The minimum atomic E-state index is -1.29. The maximum absolute atomic E-state index is 11.3. The van der Waals surface area contributed by atoms with Gasteiger partial charge in [-0.25, -0.2) is 4.79 Å². The summed E-state index contributed by atoms with van der Waals surface area (Å²) in [5.74, 6) is -0.412. The lowest BCUT2D eigenvalue weighted by Crippen LogP contribution is -2.23. The second kappa shape index (κ2) is 8.25. The quantitative estimate of drug-likeness (QED) is 0.536. The van der Waals surface area contributed by atoms with Crippen molar-refractivity contribution in [2.75, 3.05) is 12.4 Å². The average molecular weight is 323 g/mol. The molecule has 122 valence electrons. The molecule has 0 heterocycles. The van der Waals surface area contributed by atoms with Crippen LogP contribution in [0.3, 0.4) is 0 Å². The number of carbonyl (C=O) groups is 1. The number of benzene rings is 2. The molecule has 3 N–H and O–H groups in total. The average Bonchev–Trinajstić information content (AvgIpc) is 2.61. The fourth-order valence-corrected chi connectivity index (χ4v) is 2.01. The van der Waals surface area contributed by atoms with E-state index in [1.54, 1.807) is 25.3 Å². The molecule has 24 heavy (non-hydrogen) atoms. The number of nitrogens with one attached hydrogen (secondary N) is 2. The maximum Gasteiger partial charge on any atom is 0.350 e. The summed E-state index contributed by atoms with van der Waals surface area (Å²) in [4.78, 5) is 11.3. The molecule has 0 bridgehead atoms. The van der Waals surface area contributed by atoms with Gasteiger partial charge in [0.15, 0.2) is 5.57 Å². The number of para-hydroxylation sites is 1. The molecule has 0 aliphatic heterocycles. The number of anilines is 1. The van der Waals surface area contributed by atoms with Gasteiger partial charge in [-0.3, -0.25) is 0 Å². The molecule has 0 aliphatic rings. The van der Waals surface area contributed by atoms with Gasteiger partial charge in [0.05, 0.1) is 7.11 Å². The third kappa shape index (κ3) is 4.52. The van der Waals surface area contributed by atoms with E-state index in [0.717, 1.165) is 11.3 Å². The monoisotopic (exact) mass is 323 g/mol. The highest BCUT2D eigenvalue weighted by molar-refractivity contribution is 5.92. The number of rotatable bonds is 7. The first-order valence-electron chi connectivity index (χ1n) is 7.20. The van der Waals surface area contributed by atoms with Gasteiger partial charge < -0.3 is 20.5 Å². The molecule has 6 nitrogen and oxygen atoms in total. The molecule has 0 unspecified atom stereocenters. The molecule has 0 fully saturated rings. The van der Waals surface area contributed by atoms with E-state index < -0.39 is 5.97 Å². The molecule has 0 aliphatic carbocycles. The van der Waals surface area contributed by atoms with Gasteiger partial charge in [0, 0.05) is 12.2 Å². The van der Waals surface area contributed by atoms with Crippen molar-refractivity contribution >= 4 is 11.7 Å². The van der Waals surface area contributed by atoms with Crippen LogP contribution in [0.4, 0.5) is 5.69 Å². The Hall–Kier alpha value is -3.46. The molecule has 0 radical (unpaired) electrons. The van der Waals surface area contributed by atoms with E-state index in [0.29, 0.717) is 12.2 Å². The lowest BCUT2D eigenvalue weighted by Gasteiger charge is -2.15. The predicted octanol–water partition coefficient (Wildman–Crippen LogP) is 2.72. The van der Waals surface area contributed by atoms with Crippen molar-refractivity contribution in [2.45, 2.75) is 6.54 Å². The van der Waals surface area contributed by atoms with Crippen LogP contribution in [0.25, 0.3) is 0 Å². The van der Waals surface area contributed by atoms with Gasteiger partial charge in [0.25, 0.3) is 0 Å². The molecular formula is C18H17N3O3. The summed E-state index contributed by atoms with van der Waals surface area (Å²) in [5.41, 5.74) is 1.22. The van der Waals surface area contributed by atoms with Crippen LogP contribution in [0.15, 0.2) is 66.0 Å². The molecule has 0 atom stereocenters. The van der Waals surface area contributed by atoms with Crippen molar-refractivity contribution in [3.63, 3.8) is 0 Å². The SMILES string of the molecule is COc1ccc(CNC(Nc2ccccc2)=C(C#N)C(=O)O)cc1. The van der Waals surface area contributed by atoms with Crippen molar-refractivity contribution in [3.05, 3.63) is 71.6 Å². The van der Waals surface area contributed by atoms with Crippen molar-refractivity contribution in [2.24, 2.45) is 0 Å². The summed E-state index contributed by atoms with van der Waals surface area (Å²) >= 11 is 0. The highest BCUT2D eigenvalue weighted by Crippen LogP contribution is 2.14. The standard InChI is InChI=1S/C18H17N3O3/c1-24-15-9-7-13(8-10-15)12-20-17(16(11-19)18(22)23)21-14-5-3-2-4-6-14/h2-10,20-21H,12H2,1H3,(H,22,23). The van der Waals surface area contributed by atoms with Crippen LogP contribution in [0.5, 0.6) is 5.75 Å². The number of ether oxygens (including phenoxy) is 1. The smallest absolute Gasteiger partial charge is 0.350 e. The largest absolute Gasteiger partial charge is 0.497 e. The van der Waals surface area contributed by atoms with E-state index in [4.69, 9.17) is 10.00 Å². The molecule has 0 amide bonds. The van der Waals surface area contributed by atoms with Gasteiger partial charge in [-0.2, -0.15) is 5.26 Å². The minimum absolute atomic E-state index is 0.145. The highest BCUT2D eigenvalue weighted by atomic mass is 16.5. The van der Waals surface area contributed by atoms with Crippen LogP contribution in [-0.4, -0.2) is 18.2 Å². The Balaban J connectivity index is 2.19. The number of carboxylic acids is 1. The predicted molar refractivity (Wildman–Crippen MR) is 90.2 cm³/mol. The zero-order valence-electron chi connectivity index (χ0n) is 13.1. The Labute approximate surface area is 140 Å². The molecule has 0 saturated heterocycles. The minimum Gasteiger partial charge on any atom is -0.497 e. The summed E-state index contributed by atoms with van der Waals surface area (Å²) < 4.78 is 5.10. The summed E-state index contributed by atoms with van der Waals surface area (Å²) in [5, 5.41) is 24.3. The van der Waals surface area contributed by atoms with Crippen molar-refractivity contribution < 1.29 is 14.6 Å². The molecule has 2 aromatic carbocycles. The molecule has 0 aromatic heterocycles. The number of hydrogen-bond donors (Lipinski definition) is 3. The normalized spacial score (nSPS) is 11.0. The topological polar surface area (TPSA) is 94.4 Å². The molecule has 2 aromatic rings. The summed E-state index contributed by atoms with van der Waals surface area (Å²) in [6.07, 6.45) is 0. The lowest BCUT2D eigenvalue weighted by atomic mass is 10.2. The fourth-order valence-electron chi connectivity index (χ4n) is 2.01. The van der Waals surface area contributed by atoms with E-state index in [1.165, 1.54) is 0 Å². The Morgan fingerprint density at radius 2 is 1.83 bits per heavy atom. The fraction of sp³-hybridized carbons (Fsp3) is 0.111. The summed E-state index contributed by atoms with van der Waals surface area (Å²) in [7, 11) is 1.59. The maximum atomic E-state index is 11.3. The number of methoxy groups -OCH3 is 1. The van der Waals surface area contributed by atoms with Crippen LogP contribution in [0.2, 0.25) is 0 Å².